The lowest BCUT2D eigenvalue weighted by Crippen LogP contribution is -2.26. The van der Waals surface area contributed by atoms with Gasteiger partial charge < -0.3 is 9.73 Å². The number of benzene rings is 1. The number of ketones is 1. The maximum atomic E-state index is 13.0. The molecule has 1 fully saturated rings. The topological polar surface area (TPSA) is 85.4 Å². The molecule has 0 aliphatic heterocycles. The number of nitrogens with one attached hydrogen (secondary N) is 1. The van der Waals surface area contributed by atoms with E-state index in [9.17, 15) is 14.9 Å². The zero-order chi connectivity index (χ0) is 19.9. The minimum atomic E-state index is -0.413. The second-order valence-electron chi connectivity index (χ2n) is 8.83. The highest BCUT2D eigenvalue weighted by Crippen LogP contribution is 2.45. The number of Topliss-reactive ketones (excluding diaryl/α,β-unsaturated/α-hetero) is 1. The van der Waals surface area contributed by atoms with E-state index in [0.29, 0.717) is 30.3 Å². The van der Waals surface area contributed by atoms with E-state index in [2.05, 4.69) is 19.2 Å². The highest BCUT2D eigenvalue weighted by atomic mass is 16.6. The molecule has 1 N–H and O–H groups in total. The molecule has 2 aliphatic carbocycles. The van der Waals surface area contributed by atoms with Crippen molar-refractivity contribution in [1.29, 1.82) is 0 Å². The molecule has 1 saturated carbocycles. The molecule has 0 amide bonds. The van der Waals surface area contributed by atoms with Crippen molar-refractivity contribution in [2.75, 3.05) is 5.32 Å². The number of non-ortho nitro benzene ring substituents is 1. The number of hydrogen-bond donors (Lipinski definition) is 1. The summed E-state index contributed by atoms with van der Waals surface area (Å²) in [5, 5.41) is 14.5. The number of nitro groups is 1. The van der Waals surface area contributed by atoms with Crippen LogP contribution in [-0.4, -0.2) is 16.7 Å². The highest BCUT2D eigenvalue weighted by molar-refractivity contribution is 6.07. The lowest BCUT2D eigenvalue weighted by atomic mass is 9.75. The Kier molecular flexibility index (Phi) is 4.73. The number of rotatable bonds is 4. The normalized spacial score (nSPS) is 19.3. The van der Waals surface area contributed by atoms with Crippen molar-refractivity contribution in [1.82, 2.24) is 0 Å². The van der Waals surface area contributed by atoms with Gasteiger partial charge in [0.1, 0.15) is 5.76 Å². The first-order valence-electron chi connectivity index (χ1n) is 10.0. The van der Waals surface area contributed by atoms with Crippen LogP contribution in [0.2, 0.25) is 0 Å². The van der Waals surface area contributed by atoms with Crippen molar-refractivity contribution in [3.05, 3.63) is 45.7 Å². The Morgan fingerprint density at radius 1 is 1.07 bits per heavy atom. The van der Waals surface area contributed by atoms with Crippen molar-refractivity contribution >= 4 is 17.4 Å². The number of fused-ring (bicyclic) bond motifs is 1. The minimum absolute atomic E-state index is 0.0374. The van der Waals surface area contributed by atoms with E-state index >= 15 is 0 Å². The molecule has 0 unspecified atom stereocenters. The van der Waals surface area contributed by atoms with Crippen LogP contribution < -0.4 is 5.32 Å². The lowest BCUT2D eigenvalue weighted by Gasteiger charge is -2.27. The zero-order valence-corrected chi connectivity index (χ0v) is 16.4. The average molecular weight is 382 g/mol. The van der Waals surface area contributed by atoms with Crippen molar-refractivity contribution in [2.45, 2.75) is 64.8 Å². The first-order chi connectivity index (χ1) is 13.3. The van der Waals surface area contributed by atoms with Crippen molar-refractivity contribution in [3.63, 3.8) is 0 Å². The van der Waals surface area contributed by atoms with Gasteiger partial charge in [-0.1, -0.05) is 33.1 Å². The van der Waals surface area contributed by atoms with E-state index in [4.69, 9.17) is 4.42 Å². The summed E-state index contributed by atoms with van der Waals surface area (Å²) < 4.78 is 6.21. The Hall–Kier alpha value is -2.63. The summed E-state index contributed by atoms with van der Waals surface area (Å²) >= 11 is 0. The Morgan fingerprint density at radius 2 is 1.75 bits per heavy atom. The fraction of sp³-hybridized carbons (Fsp3) is 0.500. The van der Waals surface area contributed by atoms with Gasteiger partial charge in [0.25, 0.3) is 5.69 Å². The first-order valence-corrected chi connectivity index (χ1v) is 10.0. The van der Waals surface area contributed by atoms with Crippen LogP contribution in [0.4, 0.5) is 11.6 Å². The van der Waals surface area contributed by atoms with Gasteiger partial charge in [-0.25, -0.2) is 0 Å². The second kappa shape index (κ2) is 7.08. The third kappa shape index (κ3) is 3.55. The Bertz CT molecular complexity index is 905. The number of carbonyl (C=O) groups is 1. The van der Waals surface area contributed by atoms with Crippen LogP contribution in [0.25, 0.3) is 11.1 Å². The maximum Gasteiger partial charge on any atom is 0.269 e. The third-order valence-corrected chi connectivity index (χ3v) is 5.85. The molecule has 0 saturated heterocycles. The lowest BCUT2D eigenvalue weighted by molar-refractivity contribution is -0.384. The average Bonchev–Trinajstić information content (AvgIpc) is 2.99. The second-order valence-corrected chi connectivity index (χ2v) is 8.83. The summed E-state index contributed by atoms with van der Waals surface area (Å²) in [6, 6.07) is 6.72. The van der Waals surface area contributed by atoms with Gasteiger partial charge in [0.2, 0.25) is 5.88 Å². The van der Waals surface area contributed by atoms with Crippen LogP contribution in [0.1, 0.15) is 68.5 Å². The zero-order valence-electron chi connectivity index (χ0n) is 16.4. The Morgan fingerprint density at radius 3 is 2.39 bits per heavy atom. The molecule has 4 rings (SSSR count). The summed E-state index contributed by atoms with van der Waals surface area (Å²) in [5.41, 5.74) is 2.09. The van der Waals surface area contributed by atoms with Crippen molar-refractivity contribution < 1.29 is 14.1 Å². The molecule has 6 nitrogen and oxygen atoms in total. The summed E-state index contributed by atoms with van der Waals surface area (Å²) in [6.07, 6.45) is 7.00. The molecule has 0 radical (unpaired) electrons. The maximum absolute atomic E-state index is 13.0. The monoisotopic (exact) mass is 382 g/mol. The van der Waals surface area contributed by atoms with Crippen LogP contribution in [0.3, 0.4) is 0 Å². The molecular formula is C22H26N2O4. The minimum Gasteiger partial charge on any atom is -0.444 e. The van der Waals surface area contributed by atoms with Gasteiger partial charge in [-0.2, -0.15) is 0 Å². The molecule has 0 spiro atoms. The van der Waals surface area contributed by atoms with Crippen LogP contribution in [0.15, 0.2) is 28.7 Å². The molecule has 2 aliphatic rings. The predicted molar refractivity (Wildman–Crippen MR) is 108 cm³/mol. The quantitative estimate of drug-likeness (QED) is 0.537. The van der Waals surface area contributed by atoms with Gasteiger partial charge >= 0.3 is 0 Å². The number of nitrogens with zero attached hydrogens (tertiary/aromatic N) is 1. The van der Waals surface area contributed by atoms with E-state index in [1.54, 1.807) is 12.1 Å². The molecule has 0 bridgehead atoms. The van der Waals surface area contributed by atoms with Gasteiger partial charge in [0, 0.05) is 31.0 Å². The summed E-state index contributed by atoms with van der Waals surface area (Å²) in [5.74, 6) is 1.45. The van der Waals surface area contributed by atoms with Gasteiger partial charge in [-0.05, 0) is 36.0 Å². The predicted octanol–water partition coefficient (Wildman–Crippen LogP) is 5.75. The molecule has 1 aromatic heterocycles. The number of furan rings is 1. The van der Waals surface area contributed by atoms with Crippen LogP contribution in [0, 0.1) is 15.5 Å². The van der Waals surface area contributed by atoms with E-state index in [0.717, 1.165) is 29.7 Å². The van der Waals surface area contributed by atoms with E-state index < -0.39 is 4.92 Å². The summed E-state index contributed by atoms with van der Waals surface area (Å²) in [7, 11) is 0. The molecular weight excluding hydrogens is 356 g/mol. The fourth-order valence-electron chi connectivity index (χ4n) is 4.48. The van der Waals surface area contributed by atoms with Gasteiger partial charge in [0.05, 0.1) is 16.1 Å². The first kappa shape index (κ1) is 18.7. The summed E-state index contributed by atoms with van der Waals surface area (Å²) in [4.78, 5) is 23.6. The van der Waals surface area contributed by atoms with Crippen LogP contribution in [0.5, 0.6) is 0 Å². The Balaban J connectivity index is 1.78. The smallest absolute Gasteiger partial charge is 0.269 e. The fourth-order valence-corrected chi connectivity index (χ4v) is 4.48. The number of hydrogen-bond acceptors (Lipinski definition) is 5. The number of nitro benzene ring substituents is 1. The van der Waals surface area contributed by atoms with Crippen molar-refractivity contribution in [2.24, 2.45) is 5.41 Å². The third-order valence-electron chi connectivity index (χ3n) is 5.85. The molecule has 148 valence electrons. The molecule has 28 heavy (non-hydrogen) atoms. The van der Waals surface area contributed by atoms with Crippen molar-refractivity contribution in [3.8, 4) is 11.1 Å². The number of carbonyl (C=O) groups excluding carboxylic acids is 1. The van der Waals surface area contributed by atoms with Gasteiger partial charge in [-0.15, -0.1) is 0 Å². The van der Waals surface area contributed by atoms with Gasteiger partial charge in [-0.3, -0.25) is 14.9 Å². The SMILES string of the molecule is CC1(C)CC(=O)c2c(oc(NC3CCCCC3)c2-c2ccc([N+](=O)[O-])cc2)C1. The molecule has 1 aromatic carbocycles. The van der Waals surface area contributed by atoms with Crippen LogP contribution >= 0.6 is 0 Å². The molecule has 1 heterocycles. The van der Waals surface area contributed by atoms with Crippen LogP contribution in [-0.2, 0) is 6.42 Å². The standard InChI is InChI=1S/C22H26N2O4/c1-22(2)12-17(25)20-18(13-22)28-21(23-15-6-4-3-5-7-15)19(20)14-8-10-16(11-9-14)24(26)27/h8-11,15,23H,3-7,12-13H2,1-2H3. The van der Waals surface area contributed by atoms with E-state index in [-0.39, 0.29) is 16.9 Å². The molecule has 6 heteroatoms. The van der Waals surface area contributed by atoms with Gasteiger partial charge in [0.15, 0.2) is 5.78 Å². The molecule has 2 aromatic rings. The largest absolute Gasteiger partial charge is 0.444 e. The molecule has 0 atom stereocenters. The number of anilines is 1. The summed E-state index contributed by atoms with van der Waals surface area (Å²) in [6.45, 7) is 4.16. The van der Waals surface area contributed by atoms with E-state index in [1.165, 1.54) is 31.4 Å². The highest BCUT2D eigenvalue weighted by Gasteiger charge is 2.38. The Labute approximate surface area is 164 Å². The van der Waals surface area contributed by atoms with E-state index in [1.807, 2.05) is 0 Å².